The topological polar surface area (TPSA) is 107 Å². The highest BCUT2D eigenvalue weighted by Crippen LogP contribution is 2.16. The molecule has 0 saturated carbocycles. The summed E-state index contributed by atoms with van der Waals surface area (Å²) in [5, 5.41) is 16.0. The van der Waals surface area contributed by atoms with E-state index in [0.29, 0.717) is 22.0 Å². The summed E-state index contributed by atoms with van der Waals surface area (Å²) in [5.74, 6) is -0.854. The molecule has 26 heavy (non-hydrogen) atoms. The number of furan rings is 1. The lowest BCUT2D eigenvalue weighted by atomic mass is 10.2. The summed E-state index contributed by atoms with van der Waals surface area (Å²) in [6.07, 6.45) is 2.37. The van der Waals surface area contributed by atoms with Gasteiger partial charge in [0.25, 0.3) is 0 Å². The molecule has 0 radical (unpaired) electrons. The average molecular weight is 376 g/mol. The van der Waals surface area contributed by atoms with Crippen LogP contribution in [0.5, 0.6) is 0 Å². The first-order valence-electron chi connectivity index (χ1n) is 7.53. The number of carboxylic acids is 1. The van der Waals surface area contributed by atoms with Gasteiger partial charge in [0.1, 0.15) is 12.4 Å². The number of halogens is 1. The highest BCUT2D eigenvalue weighted by atomic mass is 35.5. The van der Waals surface area contributed by atoms with Crippen molar-refractivity contribution in [2.45, 2.75) is 13.2 Å². The number of benzene rings is 1. The van der Waals surface area contributed by atoms with Gasteiger partial charge < -0.3 is 14.3 Å². The van der Waals surface area contributed by atoms with E-state index >= 15 is 0 Å². The average Bonchev–Trinajstić information content (AvgIpc) is 3.24. The first-order valence-corrected chi connectivity index (χ1v) is 7.90. The number of ether oxygens (including phenoxy) is 1. The lowest BCUT2D eigenvalue weighted by Gasteiger charge is -2.06. The Bertz CT molecular complexity index is 934. The monoisotopic (exact) mass is 375 g/mol. The van der Waals surface area contributed by atoms with Crippen molar-refractivity contribution in [1.29, 1.82) is 0 Å². The van der Waals surface area contributed by atoms with Crippen LogP contribution in [0.4, 0.5) is 10.5 Å². The number of carbonyl (C=O) groups excluding carboxylic acids is 1. The van der Waals surface area contributed by atoms with E-state index in [4.69, 9.17) is 25.9 Å². The van der Waals surface area contributed by atoms with Crippen LogP contribution in [0, 0.1) is 0 Å². The summed E-state index contributed by atoms with van der Waals surface area (Å²) >= 11 is 6.00. The number of rotatable bonds is 6. The lowest BCUT2D eigenvalue weighted by Crippen LogP contribution is -2.13. The molecule has 0 spiro atoms. The van der Waals surface area contributed by atoms with Crippen molar-refractivity contribution in [3.8, 4) is 0 Å². The van der Waals surface area contributed by atoms with E-state index in [1.54, 1.807) is 36.5 Å². The zero-order valence-electron chi connectivity index (χ0n) is 13.4. The Morgan fingerprint density at radius 2 is 2.08 bits per heavy atom. The van der Waals surface area contributed by atoms with Gasteiger partial charge >= 0.3 is 12.1 Å². The Hall–Kier alpha value is -3.26. The summed E-state index contributed by atoms with van der Waals surface area (Å²) in [6, 6.07) is 9.99. The van der Waals surface area contributed by atoms with Gasteiger partial charge in [-0.2, -0.15) is 5.10 Å². The molecule has 0 aliphatic rings. The van der Waals surface area contributed by atoms with Crippen molar-refractivity contribution in [2.24, 2.45) is 0 Å². The molecule has 8 nitrogen and oxygen atoms in total. The highest BCUT2D eigenvalue weighted by molar-refractivity contribution is 6.31. The lowest BCUT2D eigenvalue weighted by molar-refractivity contribution is 0.0660. The second-order valence-corrected chi connectivity index (χ2v) is 5.70. The summed E-state index contributed by atoms with van der Waals surface area (Å²) in [7, 11) is 0. The van der Waals surface area contributed by atoms with E-state index in [1.807, 2.05) is 0 Å². The quantitative estimate of drug-likeness (QED) is 0.681. The second kappa shape index (κ2) is 7.75. The number of hydrogen-bond donors (Lipinski definition) is 2. The smallest absolute Gasteiger partial charge is 0.412 e. The molecule has 3 rings (SSSR count). The number of hydrogen-bond acceptors (Lipinski definition) is 5. The molecule has 1 aromatic carbocycles. The normalized spacial score (nSPS) is 10.5. The number of aromatic carboxylic acids is 1. The maximum atomic E-state index is 11.8. The standard InChI is InChI=1S/C17H14ClN3O5/c18-14-4-2-1-3-11(14)10-25-17(24)20-12-7-19-21(8-12)9-13-5-6-15(26-13)16(22)23/h1-8H,9-10H2,(H,20,24)(H,22,23). The van der Waals surface area contributed by atoms with Crippen LogP contribution in [0.15, 0.2) is 53.2 Å². The Labute approximate surface area is 152 Å². The van der Waals surface area contributed by atoms with E-state index in [1.165, 1.54) is 16.9 Å². The molecule has 0 aliphatic carbocycles. The molecule has 9 heteroatoms. The molecule has 0 aliphatic heterocycles. The number of nitrogens with one attached hydrogen (secondary N) is 1. The minimum atomic E-state index is -1.14. The molecule has 2 heterocycles. The van der Waals surface area contributed by atoms with Gasteiger partial charge in [0.05, 0.1) is 18.4 Å². The number of aromatic nitrogens is 2. The maximum Gasteiger partial charge on any atom is 0.412 e. The fourth-order valence-electron chi connectivity index (χ4n) is 2.16. The molecule has 0 unspecified atom stereocenters. The summed E-state index contributed by atoms with van der Waals surface area (Å²) in [6.45, 7) is 0.271. The molecule has 2 aromatic heterocycles. The Balaban J connectivity index is 1.53. The Morgan fingerprint density at radius 1 is 1.27 bits per heavy atom. The summed E-state index contributed by atoms with van der Waals surface area (Å²) < 4.78 is 11.8. The van der Waals surface area contributed by atoms with Crippen LogP contribution in [-0.2, 0) is 17.9 Å². The van der Waals surface area contributed by atoms with Crippen LogP contribution in [0.25, 0.3) is 0 Å². The molecule has 0 fully saturated rings. The molecule has 1 amide bonds. The van der Waals surface area contributed by atoms with Crippen LogP contribution < -0.4 is 5.32 Å². The third-order valence-corrected chi connectivity index (χ3v) is 3.76. The number of carbonyl (C=O) groups is 2. The molecule has 3 aromatic rings. The van der Waals surface area contributed by atoms with E-state index in [9.17, 15) is 9.59 Å². The van der Waals surface area contributed by atoms with Crippen molar-refractivity contribution in [1.82, 2.24) is 9.78 Å². The van der Waals surface area contributed by atoms with Crippen LogP contribution in [0.1, 0.15) is 21.9 Å². The molecule has 134 valence electrons. The van der Waals surface area contributed by atoms with E-state index < -0.39 is 12.1 Å². The first-order chi connectivity index (χ1) is 12.5. The molecule has 0 bridgehead atoms. The van der Waals surface area contributed by atoms with Crippen molar-refractivity contribution in [3.63, 3.8) is 0 Å². The van der Waals surface area contributed by atoms with E-state index in [2.05, 4.69) is 10.4 Å². The van der Waals surface area contributed by atoms with Crippen molar-refractivity contribution in [3.05, 3.63) is 70.9 Å². The van der Waals surface area contributed by atoms with Gasteiger partial charge in [-0.3, -0.25) is 10.00 Å². The zero-order valence-corrected chi connectivity index (χ0v) is 14.1. The predicted octanol–water partition coefficient (Wildman–Crippen LogP) is 3.62. The van der Waals surface area contributed by atoms with Gasteiger partial charge in [-0.25, -0.2) is 9.59 Å². The Morgan fingerprint density at radius 3 is 2.81 bits per heavy atom. The Kier molecular flexibility index (Phi) is 5.23. The second-order valence-electron chi connectivity index (χ2n) is 5.29. The summed E-state index contributed by atoms with van der Waals surface area (Å²) in [4.78, 5) is 22.6. The van der Waals surface area contributed by atoms with Gasteiger partial charge in [-0.15, -0.1) is 0 Å². The number of carboxylic acid groups (broad SMARTS) is 1. The minimum absolute atomic E-state index is 0.0456. The molecule has 0 atom stereocenters. The predicted molar refractivity (Wildman–Crippen MR) is 92.3 cm³/mol. The van der Waals surface area contributed by atoms with Gasteiger partial charge in [0.2, 0.25) is 5.76 Å². The van der Waals surface area contributed by atoms with Gasteiger partial charge in [-0.05, 0) is 18.2 Å². The number of anilines is 1. The van der Waals surface area contributed by atoms with Gasteiger partial charge in [-0.1, -0.05) is 29.8 Å². The van der Waals surface area contributed by atoms with Crippen LogP contribution in [0.2, 0.25) is 5.02 Å². The van der Waals surface area contributed by atoms with Crippen molar-refractivity contribution >= 4 is 29.4 Å². The van der Waals surface area contributed by atoms with Crippen LogP contribution >= 0.6 is 11.6 Å². The van der Waals surface area contributed by atoms with E-state index in [0.717, 1.165) is 0 Å². The molecular formula is C17H14ClN3O5. The first kappa shape index (κ1) is 17.6. The van der Waals surface area contributed by atoms with Crippen LogP contribution in [0.3, 0.4) is 0 Å². The third-order valence-electron chi connectivity index (χ3n) is 3.39. The van der Waals surface area contributed by atoms with Crippen molar-refractivity contribution in [2.75, 3.05) is 5.32 Å². The SMILES string of the molecule is O=C(Nc1cnn(Cc2ccc(C(=O)O)o2)c1)OCc1ccccc1Cl. The van der Waals surface area contributed by atoms with Crippen molar-refractivity contribution < 1.29 is 23.8 Å². The fraction of sp³-hybridized carbons (Fsp3) is 0.118. The van der Waals surface area contributed by atoms with Gasteiger partial charge in [0, 0.05) is 16.8 Å². The minimum Gasteiger partial charge on any atom is -0.475 e. The van der Waals surface area contributed by atoms with Gasteiger partial charge in [0.15, 0.2) is 0 Å². The highest BCUT2D eigenvalue weighted by Gasteiger charge is 2.11. The van der Waals surface area contributed by atoms with Crippen LogP contribution in [-0.4, -0.2) is 26.9 Å². The molecule has 2 N–H and O–H groups in total. The zero-order chi connectivity index (χ0) is 18.5. The third kappa shape index (κ3) is 4.42. The van der Waals surface area contributed by atoms with E-state index in [-0.39, 0.29) is 18.9 Å². The largest absolute Gasteiger partial charge is 0.475 e. The molecule has 0 saturated heterocycles. The summed E-state index contributed by atoms with van der Waals surface area (Å²) in [5.41, 5.74) is 1.13. The fourth-order valence-corrected chi connectivity index (χ4v) is 2.36. The number of amides is 1. The molecular weight excluding hydrogens is 362 g/mol. The maximum absolute atomic E-state index is 11.8. The number of nitrogens with zero attached hydrogens (tertiary/aromatic N) is 2.